The number of carbonyl (C=O) groups excluding carboxylic acids is 7. The number of carbonyl (C=O) groups is 7. The first kappa shape index (κ1) is 22.7. The Labute approximate surface area is 187 Å². The third-order valence-corrected chi connectivity index (χ3v) is 7.16. The van der Waals surface area contributed by atoms with Crippen LogP contribution in [0.25, 0.3) is 0 Å². The molecule has 10 nitrogen and oxygen atoms in total. The topological polar surface area (TPSA) is 186 Å². The van der Waals surface area contributed by atoms with Crippen LogP contribution in [0.15, 0.2) is 6.07 Å². The van der Waals surface area contributed by atoms with Crippen LogP contribution >= 0.6 is 0 Å². The summed E-state index contributed by atoms with van der Waals surface area (Å²) in [4.78, 5) is 88.0. The maximum Gasteiger partial charge on any atom is 0.235 e. The SMILES string of the molecule is CC(=O)c1cc(C(C)=O)c2c(c1O)C(=O)C1C(=O)[C@]3(O)C(=O)C(C(N)=O)C(=O)C[C@@H]3C[C@@H]1C2. The fourth-order valence-corrected chi connectivity index (χ4v) is 5.62. The number of nitrogens with two attached hydrogens (primary N) is 1. The van der Waals surface area contributed by atoms with Crippen LogP contribution in [0.5, 0.6) is 5.75 Å². The molecule has 172 valence electrons. The van der Waals surface area contributed by atoms with Gasteiger partial charge in [-0.2, -0.15) is 0 Å². The third kappa shape index (κ3) is 2.93. The molecule has 0 radical (unpaired) electrons. The first-order chi connectivity index (χ1) is 15.3. The molecule has 0 bridgehead atoms. The van der Waals surface area contributed by atoms with Crippen LogP contribution in [0, 0.1) is 23.7 Å². The number of ketones is 6. The molecule has 0 aromatic heterocycles. The maximum absolute atomic E-state index is 13.5. The quantitative estimate of drug-likeness (QED) is 0.407. The van der Waals surface area contributed by atoms with E-state index in [1.807, 2.05) is 0 Å². The van der Waals surface area contributed by atoms with E-state index < -0.39 is 82.0 Å². The van der Waals surface area contributed by atoms with E-state index in [0.29, 0.717) is 0 Å². The highest BCUT2D eigenvalue weighted by atomic mass is 16.3. The van der Waals surface area contributed by atoms with Crippen molar-refractivity contribution in [1.82, 2.24) is 0 Å². The van der Waals surface area contributed by atoms with Crippen molar-refractivity contribution in [2.75, 3.05) is 0 Å². The predicted molar refractivity (Wildman–Crippen MR) is 109 cm³/mol. The third-order valence-electron chi connectivity index (χ3n) is 7.16. The second kappa shape index (κ2) is 7.24. The van der Waals surface area contributed by atoms with Crippen molar-refractivity contribution in [1.29, 1.82) is 0 Å². The van der Waals surface area contributed by atoms with E-state index in [1.54, 1.807) is 0 Å². The largest absolute Gasteiger partial charge is 0.506 e. The van der Waals surface area contributed by atoms with Crippen LogP contribution in [0.3, 0.4) is 0 Å². The van der Waals surface area contributed by atoms with Gasteiger partial charge in [-0.25, -0.2) is 0 Å². The molecule has 0 saturated heterocycles. The highest BCUT2D eigenvalue weighted by Crippen LogP contribution is 2.50. The summed E-state index contributed by atoms with van der Waals surface area (Å²) in [5.41, 5.74) is 1.99. The van der Waals surface area contributed by atoms with Crippen molar-refractivity contribution in [3.05, 3.63) is 28.3 Å². The number of aliphatic hydroxyl groups is 1. The minimum atomic E-state index is -2.75. The summed E-state index contributed by atoms with van der Waals surface area (Å²) < 4.78 is 0. The van der Waals surface area contributed by atoms with Gasteiger partial charge < -0.3 is 15.9 Å². The zero-order valence-electron chi connectivity index (χ0n) is 17.8. The van der Waals surface area contributed by atoms with E-state index in [0.717, 1.165) is 6.92 Å². The van der Waals surface area contributed by atoms with Crippen LogP contribution in [0.4, 0.5) is 0 Å². The monoisotopic (exact) mass is 455 g/mol. The van der Waals surface area contributed by atoms with Crippen molar-refractivity contribution < 1.29 is 43.8 Å². The standard InChI is InChI=1S/C23H21NO9/c1-7(25)11-6-12(8(2)26)18(28)16-13(11)4-9-3-10-5-14(27)17(22(24)32)21(31)23(10,33)20(30)15(9)19(16)29/h6,9-10,15,17,28,33H,3-5H2,1-2H3,(H2,24,32)/t9-,10+,15?,17?,23+/m1/s1. The van der Waals surface area contributed by atoms with Crippen molar-refractivity contribution >= 4 is 40.6 Å². The summed E-state index contributed by atoms with van der Waals surface area (Å²) >= 11 is 0. The Morgan fingerprint density at radius 2 is 1.61 bits per heavy atom. The summed E-state index contributed by atoms with van der Waals surface area (Å²) in [7, 11) is 0. The zero-order valence-corrected chi connectivity index (χ0v) is 17.8. The maximum atomic E-state index is 13.5. The van der Waals surface area contributed by atoms with Crippen molar-refractivity contribution in [3.8, 4) is 5.75 Å². The number of aromatic hydroxyl groups is 1. The average molecular weight is 455 g/mol. The highest BCUT2D eigenvalue weighted by molar-refractivity contribution is 6.31. The molecule has 3 aliphatic carbocycles. The van der Waals surface area contributed by atoms with E-state index >= 15 is 0 Å². The van der Waals surface area contributed by atoms with Gasteiger partial charge in [-0.15, -0.1) is 0 Å². The molecule has 4 rings (SSSR count). The van der Waals surface area contributed by atoms with Gasteiger partial charge in [0.1, 0.15) is 5.75 Å². The van der Waals surface area contributed by atoms with Gasteiger partial charge in [-0.3, -0.25) is 33.6 Å². The number of Topliss-reactive ketones (excluding diaryl/α,β-unsaturated/α-hetero) is 6. The Balaban J connectivity index is 1.88. The Bertz CT molecular complexity index is 1210. The number of phenolic OH excluding ortho intramolecular Hbond substituents is 1. The Morgan fingerprint density at radius 1 is 1.00 bits per heavy atom. The summed E-state index contributed by atoms with van der Waals surface area (Å²) in [6, 6.07) is 1.21. The lowest BCUT2D eigenvalue weighted by molar-refractivity contribution is -0.175. The molecule has 1 aromatic rings. The fourth-order valence-electron chi connectivity index (χ4n) is 5.62. The van der Waals surface area contributed by atoms with Crippen LogP contribution in [-0.4, -0.2) is 56.4 Å². The van der Waals surface area contributed by atoms with Crippen molar-refractivity contribution in [3.63, 3.8) is 0 Å². The first-order valence-electron chi connectivity index (χ1n) is 10.4. The Kier molecular flexibility index (Phi) is 4.97. The van der Waals surface area contributed by atoms with E-state index in [1.165, 1.54) is 13.0 Å². The summed E-state index contributed by atoms with van der Waals surface area (Å²) in [5, 5.41) is 21.8. The second-order valence-corrected chi connectivity index (χ2v) is 9.03. The molecule has 0 spiro atoms. The van der Waals surface area contributed by atoms with Gasteiger partial charge in [0, 0.05) is 17.9 Å². The summed E-state index contributed by atoms with van der Waals surface area (Å²) in [6.07, 6.45) is -0.542. The molecule has 33 heavy (non-hydrogen) atoms. The van der Waals surface area contributed by atoms with E-state index in [9.17, 15) is 43.8 Å². The lowest BCUT2D eigenvalue weighted by atomic mass is 9.53. The molecular formula is C23H21NO9. The number of fused-ring (bicyclic) bond motifs is 3. The lowest BCUT2D eigenvalue weighted by Crippen LogP contribution is -2.68. The van der Waals surface area contributed by atoms with E-state index in [4.69, 9.17) is 5.73 Å². The lowest BCUT2D eigenvalue weighted by Gasteiger charge is -2.48. The molecular weight excluding hydrogens is 434 g/mol. The number of rotatable bonds is 3. The van der Waals surface area contributed by atoms with Crippen LogP contribution in [-0.2, 0) is 25.6 Å². The number of phenols is 1. The van der Waals surface area contributed by atoms with E-state index in [2.05, 4.69) is 0 Å². The molecule has 0 heterocycles. The van der Waals surface area contributed by atoms with E-state index in [-0.39, 0.29) is 35.1 Å². The van der Waals surface area contributed by atoms with Gasteiger partial charge >= 0.3 is 0 Å². The van der Waals surface area contributed by atoms with Gasteiger partial charge in [0.05, 0.1) is 17.0 Å². The van der Waals surface area contributed by atoms with Gasteiger partial charge in [0.25, 0.3) is 0 Å². The number of benzene rings is 1. The van der Waals surface area contributed by atoms with Crippen molar-refractivity contribution in [2.24, 2.45) is 29.4 Å². The van der Waals surface area contributed by atoms with Crippen LogP contribution in [0.1, 0.15) is 63.3 Å². The predicted octanol–water partition coefficient (Wildman–Crippen LogP) is -0.268. The Morgan fingerprint density at radius 3 is 2.15 bits per heavy atom. The van der Waals surface area contributed by atoms with Crippen LogP contribution < -0.4 is 5.73 Å². The molecule has 2 saturated carbocycles. The Hall–Kier alpha value is -3.53. The molecule has 2 fully saturated rings. The summed E-state index contributed by atoms with van der Waals surface area (Å²) in [5.74, 6) is -12.7. The molecule has 10 heteroatoms. The number of hydrogen-bond acceptors (Lipinski definition) is 9. The highest BCUT2D eigenvalue weighted by Gasteiger charge is 2.66. The molecule has 2 unspecified atom stereocenters. The smallest absolute Gasteiger partial charge is 0.235 e. The molecule has 1 aromatic carbocycles. The molecule has 4 N–H and O–H groups in total. The second-order valence-electron chi connectivity index (χ2n) is 9.03. The number of amides is 1. The molecule has 1 amide bonds. The van der Waals surface area contributed by atoms with Crippen LogP contribution in [0.2, 0.25) is 0 Å². The van der Waals surface area contributed by atoms with Gasteiger partial charge in [0.2, 0.25) is 5.91 Å². The summed E-state index contributed by atoms with van der Waals surface area (Å²) in [6.45, 7) is 2.38. The number of primary amides is 1. The average Bonchev–Trinajstić information content (AvgIpc) is 2.70. The van der Waals surface area contributed by atoms with Crippen molar-refractivity contribution in [2.45, 2.75) is 38.7 Å². The van der Waals surface area contributed by atoms with Gasteiger partial charge in [-0.05, 0) is 44.2 Å². The first-order valence-corrected chi connectivity index (χ1v) is 10.4. The molecule has 3 aliphatic rings. The van der Waals surface area contributed by atoms with Gasteiger partial charge in [-0.1, -0.05) is 0 Å². The fraction of sp³-hybridized carbons (Fsp3) is 0.435. The zero-order chi connectivity index (χ0) is 24.6. The molecule has 5 atom stereocenters. The minimum Gasteiger partial charge on any atom is -0.506 e. The normalized spacial score (nSPS) is 30.9. The van der Waals surface area contributed by atoms with Gasteiger partial charge in [0.15, 0.2) is 46.2 Å². The number of hydrogen-bond donors (Lipinski definition) is 3. The minimum absolute atomic E-state index is 0.0215. The molecule has 0 aliphatic heterocycles.